The highest BCUT2D eigenvalue weighted by molar-refractivity contribution is 7.90. The molecule has 0 unspecified atom stereocenters. The Kier molecular flexibility index (Phi) is 3.05. The predicted octanol–water partition coefficient (Wildman–Crippen LogP) is 0.641. The molecule has 0 fully saturated rings. The van der Waals surface area contributed by atoms with Crippen LogP contribution in [0.15, 0.2) is 29.2 Å². The molecule has 0 aliphatic carbocycles. The summed E-state index contributed by atoms with van der Waals surface area (Å²) in [5.74, 6) is 4.80. The highest BCUT2D eigenvalue weighted by atomic mass is 32.2. The third-order valence-electron chi connectivity index (χ3n) is 1.56. The topological polar surface area (TPSA) is 51.2 Å². The third kappa shape index (κ3) is 2.71. The van der Waals surface area contributed by atoms with Gasteiger partial charge in [-0.3, -0.25) is 4.79 Å². The van der Waals surface area contributed by atoms with Crippen LogP contribution in [-0.2, 0) is 14.6 Å². The molecule has 3 nitrogen and oxygen atoms in total. The van der Waals surface area contributed by atoms with E-state index in [9.17, 15) is 13.2 Å². The first-order valence-electron chi connectivity index (χ1n) is 3.79. The number of benzene rings is 1. The maximum absolute atomic E-state index is 11.1. The van der Waals surface area contributed by atoms with Gasteiger partial charge in [0.2, 0.25) is 0 Å². The van der Waals surface area contributed by atoms with E-state index in [1.807, 2.05) is 0 Å². The van der Waals surface area contributed by atoms with Crippen LogP contribution >= 0.6 is 0 Å². The number of hydrogen-bond acceptors (Lipinski definition) is 3. The molecular weight excluding hydrogens is 200 g/mol. The van der Waals surface area contributed by atoms with E-state index in [1.165, 1.54) is 12.1 Å². The molecule has 0 saturated heterocycles. The molecule has 0 aromatic heterocycles. The first kappa shape index (κ1) is 10.5. The number of hydrogen-bond donors (Lipinski definition) is 0. The fourth-order valence-corrected chi connectivity index (χ4v) is 1.53. The van der Waals surface area contributed by atoms with E-state index in [0.717, 1.165) is 6.26 Å². The Morgan fingerprint density at radius 2 is 1.79 bits per heavy atom. The SMILES string of the molecule is CS(=O)(=O)c1ccc(C#CC=O)cc1. The van der Waals surface area contributed by atoms with Gasteiger partial charge in [-0.2, -0.15) is 0 Å². The van der Waals surface area contributed by atoms with Crippen LogP contribution in [-0.4, -0.2) is 21.0 Å². The van der Waals surface area contributed by atoms with Crippen LogP contribution in [0.25, 0.3) is 0 Å². The number of rotatable bonds is 1. The van der Waals surface area contributed by atoms with Crippen LogP contribution in [0.3, 0.4) is 0 Å². The summed E-state index contributed by atoms with van der Waals surface area (Å²) in [5.41, 5.74) is 0.615. The molecule has 1 aromatic carbocycles. The smallest absolute Gasteiger partial charge is 0.193 e. The van der Waals surface area contributed by atoms with Crippen molar-refractivity contribution >= 4 is 16.1 Å². The molecule has 0 aliphatic rings. The average Bonchev–Trinajstić information content (AvgIpc) is 2.14. The van der Waals surface area contributed by atoms with Crippen molar-refractivity contribution in [1.82, 2.24) is 0 Å². The van der Waals surface area contributed by atoms with E-state index >= 15 is 0 Å². The van der Waals surface area contributed by atoms with Crippen molar-refractivity contribution in [2.24, 2.45) is 0 Å². The Bertz CT molecular complexity index is 486. The van der Waals surface area contributed by atoms with E-state index in [0.29, 0.717) is 11.8 Å². The second-order valence-corrected chi connectivity index (χ2v) is 4.70. The average molecular weight is 208 g/mol. The Morgan fingerprint density at radius 1 is 1.21 bits per heavy atom. The molecule has 4 heteroatoms. The maximum Gasteiger partial charge on any atom is 0.193 e. The number of carbonyl (C=O) groups is 1. The molecule has 0 bridgehead atoms. The molecule has 1 aromatic rings. The lowest BCUT2D eigenvalue weighted by Gasteiger charge is -1.96. The van der Waals surface area contributed by atoms with Crippen LogP contribution in [0.4, 0.5) is 0 Å². The zero-order valence-corrected chi connectivity index (χ0v) is 8.34. The minimum Gasteiger partial charge on any atom is -0.289 e. The summed E-state index contributed by atoms with van der Waals surface area (Å²) in [4.78, 5) is 10.2. The molecule has 0 heterocycles. The summed E-state index contributed by atoms with van der Waals surface area (Å²) in [6, 6.07) is 6.05. The quantitative estimate of drug-likeness (QED) is 0.502. The Hall–Kier alpha value is -1.60. The Labute approximate surface area is 82.7 Å². The van der Waals surface area contributed by atoms with E-state index in [2.05, 4.69) is 11.8 Å². The van der Waals surface area contributed by atoms with Crippen LogP contribution in [0.2, 0.25) is 0 Å². The fraction of sp³-hybridized carbons (Fsp3) is 0.100. The molecular formula is C10H8O3S. The van der Waals surface area contributed by atoms with Crippen molar-refractivity contribution in [2.45, 2.75) is 4.90 Å². The van der Waals surface area contributed by atoms with Gasteiger partial charge in [0, 0.05) is 11.8 Å². The summed E-state index contributed by atoms with van der Waals surface area (Å²) in [7, 11) is -3.16. The fourth-order valence-electron chi connectivity index (χ4n) is 0.898. The minimum atomic E-state index is -3.16. The molecule has 0 aliphatic heterocycles. The minimum absolute atomic E-state index is 0.245. The lowest BCUT2D eigenvalue weighted by atomic mass is 10.2. The molecule has 1 rings (SSSR count). The molecule has 0 atom stereocenters. The van der Waals surface area contributed by atoms with Gasteiger partial charge in [-0.1, -0.05) is 5.92 Å². The van der Waals surface area contributed by atoms with Gasteiger partial charge in [0.15, 0.2) is 16.1 Å². The van der Waals surface area contributed by atoms with Crippen molar-refractivity contribution in [3.8, 4) is 11.8 Å². The second kappa shape index (κ2) is 4.07. The predicted molar refractivity (Wildman–Crippen MR) is 52.5 cm³/mol. The first-order valence-corrected chi connectivity index (χ1v) is 5.68. The third-order valence-corrected chi connectivity index (χ3v) is 2.69. The van der Waals surface area contributed by atoms with Gasteiger partial charge >= 0.3 is 0 Å². The van der Waals surface area contributed by atoms with Gasteiger partial charge in [0.1, 0.15) is 0 Å². The summed E-state index contributed by atoms with van der Waals surface area (Å²) < 4.78 is 22.1. The monoisotopic (exact) mass is 208 g/mol. The number of aldehydes is 1. The Balaban J connectivity index is 3.07. The number of carbonyl (C=O) groups excluding carboxylic acids is 1. The van der Waals surface area contributed by atoms with Gasteiger partial charge in [0.25, 0.3) is 0 Å². The van der Waals surface area contributed by atoms with Gasteiger partial charge in [-0.05, 0) is 30.2 Å². The standard InChI is InChI=1S/C10H8O3S/c1-14(12,13)10-6-4-9(5-7-10)3-2-8-11/h4-8H,1H3. The number of sulfone groups is 1. The van der Waals surface area contributed by atoms with Crippen molar-refractivity contribution in [1.29, 1.82) is 0 Å². The van der Waals surface area contributed by atoms with Crippen molar-refractivity contribution in [3.63, 3.8) is 0 Å². The first-order chi connectivity index (χ1) is 6.54. The summed E-state index contributed by atoms with van der Waals surface area (Å²) in [6.45, 7) is 0. The zero-order valence-electron chi connectivity index (χ0n) is 7.52. The summed E-state index contributed by atoms with van der Waals surface area (Å²) in [5, 5.41) is 0. The van der Waals surface area contributed by atoms with E-state index in [1.54, 1.807) is 12.1 Å². The molecule has 0 spiro atoms. The zero-order chi connectivity index (χ0) is 10.6. The highest BCUT2D eigenvalue weighted by Gasteiger charge is 2.04. The van der Waals surface area contributed by atoms with Gasteiger partial charge in [-0.25, -0.2) is 8.42 Å². The summed E-state index contributed by atoms with van der Waals surface area (Å²) >= 11 is 0. The van der Waals surface area contributed by atoms with E-state index in [4.69, 9.17) is 0 Å². The van der Waals surface area contributed by atoms with E-state index in [-0.39, 0.29) is 4.90 Å². The van der Waals surface area contributed by atoms with Crippen molar-refractivity contribution in [3.05, 3.63) is 29.8 Å². The molecule has 0 radical (unpaired) electrons. The van der Waals surface area contributed by atoms with Crippen molar-refractivity contribution in [2.75, 3.05) is 6.26 Å². The lowest BCUT2D eigenvalue weighted by molar-refractivity contribution is -0.103. The normalized spacial score (nSPS) is 10.1. The summed E-state index contributed by atoms with van der Waals surface area (Å²) in [6.07, 6.45) is 1.63. The molecule has 0 saturated carbocycles. The van der Waals surface area contributed by atoms with E-state index < -0.39 is 9.84 Å². The Morgan fingerprint density at radius 3 is 2.21 bits per heavy atom. The van der Waals surface area contributed by atoms with Crippen LogP contribution < -0.4 is 0 Å². The van der Waals surface area contributed by atoms with Crippen LogP contribution in [0, 0.1) is 11.8 Å². The van der Waals surface area contributed by atoms with Gasteiger partial charge < -0.3 is 0 Å². The maximum atomic E-state index is 11.1. The lowest BCUT2D eigenvalue weighted by Crippen LogP contribution is -1.96. The van der Waals surface area contributed by atoms with Crippen LogP contribution in [0.1, 0.15) is 5.56 Å². The molecule has 72 valence electrons. The van der Waals surface area contributed by atoms with Gasteiger partial charge in [-0.15, -0.1) is 0 Å². The molecule has 14 heavy (non-hydrogen) atoms. The van der Waals surface area contributed by atoms with Gasteiger partial charge in [0.05, 0.1) is 4.90 Å². The van der Waals surface area contributed by atoms with Crippen molar-refractivity contribution < 1.29 is 13.2 Å². The second-order valence-electron chi connectivity index (χ2n) is 2.68. The molecule has 0 amide bonds. The largest absolute Gasteiger partial charge is 0.289 e. The molecule has 0 N–H and O–H groups in total. The van der Waals surface area contributed by atoms with Crippen LogP contribution in [0.5, 0.6) is 0 Å². The highest BCUT2D eigenvalue weighted by Crippen LogP contribution is 2.09.